The summed E-state index contributed by atoms with van der Waals surface area (Å²) in [6.45, 7) is 2.05. The zero-order chi connectivity index (χ0) is 18.4. The van der Waals surface area contributed by atoms with Crippen LogP contribution in [0.2, 0.25) is 0 Å². The van der Waals surface area contributed by atoms with Crippen molar-refractivity contribution in [2.75, 3.05) is 27.4 Å². The second kappa shape index (κ2) is 8.87. The van der Waals surface area contributed by atoms with Gasteiger partial charge < -0.3 is 14.2 Å². The van der Waals surface area contributed by atoms with Gasteiger partial charge in [-0.1, -0.05) is 30.9 Å². The lowest BCUT2D eigenvalue weighted by molar-refractivity contribution is -0.146. The Morgan fingerprint density at radius 2 is 2.08 bits per heavy atom. The van der Waals surface area contributed by atoms with Crippen LogP contribution in [0.4, 0.5) is 0 Å². The molecular weight excluding hydrogens is 362 g/mol. The second-order valence-corrected chi connectivity index (χ2v) is 6.77. The number of thioether (sulfide) groups is 1. The lowest BCUT2D eigenvalue weighted by Gasteiger charge is -2.13. The van der Waals surface area contributed by atoms with Gasteiger partial charge in [-0.25, -0.2) is 0 Å². The van der Waals surface area contributed by atoms with Gasteiger partial charge in [0.15, 0.2) is 0 Å². The molecule has 25 heavy (non-hydrogen) atoms. The van der Waals surface area contributed by atoms with E-state index in [4.69, 9.17) is 26.4 Å². The van der Waals surface area contributed by atoms with Crippen LogP contribution in [0, 0.1) is 0 Å². The molecular formula is C17H19NO5S2. The predicted octanol–water partition coefficient (Wildman–Crippen LogP) is 2.86. The number of hydrogen-bond donors (Lipinski definition) is 0. The summed E-state index contributed by atoms with van der Waals surface area (Å²) in [7, 11) is 3.11. The number of rotatable bonds is 7. The van der Waals surface area contributed by atoms with Crippen molar-refractivity contribution in [1.29, 1.82) is 0 Å². The van der Waals surface area contributed by atoms with E-state index in [-0.39, 0.29) is 12.5 Å². The van der Waals surface area contributed by atoms with Crippen LogP contribution >= 0.6 is 24.0 Å². The largest absolute Gasteiger partial charge is 0.497 e. The summed E-state index contributed by atoms with van der Waals surface area (Å²) in [6.07, 6.45) is 2.41. The number of amides is 1. The smallest absolute Gasteiger partial charge is 0.326 e. The van der Waals surface area contributed by atoms with Gasteiger partial charge in [0.25, 0.3) is 5.91 Å². The number of methoxy groups -OCH3 is 2. The average molecular weight is 381 g/mol. The van der Waals surface area contributed by atoms with Gasteiger partial charge in [-0.05, 0) is 24.6 Å². The molecule has 0 aromatic heterocycles. The molecule has 1 amide bonds. The summed E-state index contributed by atoms with van der Waals surface area (Å²) in [5.41, 5.74) is 0.720. The van der Waals surface area contributed by atoms with E-state index in [0.29, 0.717) is 27.3 Å². The fourth-order valence-corrected chi connectivity index (χ4v) is 3.35. The van der Waals surface area contributed by atoms with Gasteiger partial charge in [0.05, 0.1) is 25.7 Å². The van der Waals surface area contributed by atoms with Gasteiger partial charge in [0.1, 0.15) is 22.4 Å². The van der Waals surface area contributed by atoms with Crippen molar-refractivity contribution in [2.45, 2.75) is 13.3 Å². The molecule has 0 radical (unpaired) electrons. The molecule has 1 aliphatic rings. The minimum absolute atomic E-state index is 0.179. The highest BCUT2D eigenvalue weighted by molar-refractivity contribution is 8.26. The van der Waals surface area contributed by atoms with Gasteiger partial charge >= 0.3 is 5.97 Å². The van der Waals surface area contributed by atoms with Crippen LogP contribution < -0.4 is 9.47 Å². The highest BCUT2D eigenvalue weighted by Gasteiger charge is 2.34. The molecule has 0 unspecified atom stereocenters. The number of ether oxygens (including phenoxy) is 3. The lowest BCUT2D eigenvalue weighted by atomic mass is 10.1. The van der Waals surface area contributed by atoms with E-state index in [0.717, 1.165) is 23.7 Å². The first kappa shape index (κ1) is 19.3. The molecule has 0 aliphatic carbocycles. The van der Waals surface area contributed by atoms with Gasteiger partial charge in [-0.15, -0.1) is 0 Å². The third kappa shape index (κ3) is 4.73. The van der Waals surface area contributed by atoms with Crippen molar-refractivity contribution in [2.24, 2.45) is 0 Å². The van der Waals surface area contributed by atoms with Gasteiger partial charge in [-0.3, -0.25) is 14.5 Å². The van der Waals surface area contributed by atoms with E-state index in [1.54, 1.807) is 38.5 Å². The van der Waals surface area contributed by atoms with E-state index in [2.05, 4.69) is 0 Å². The van der Waals surface area contributed by atoms with Gasteiger partial charge in [0, 0.05) is 11.6 Å². The highest BCUT2D eigenvalue weighted by atomic mass is 32.2. The maximum atomic E-state index is 12.5. The van der Waals surface area contributed by atoms with Crippen molar-refractivity contribution < 1.29 is 23.8 Å². The molecule has 1 aromatic rings. The Morgan fingerprint density at radius 3 is 2.72 bits per heavy atom. The van der Waals surface area contributed by atoms with Crippen molar-refractivity contribution in [3.63, 3.8) is 0 Å². The van der Waals surface area contributed by atoms with Crippen LogP contribution in [0.15, 0.2) is 23.1 Å². The summed E-state index contributed by atoms with van der Waals surface area (Å²) in [4.78, 5) is 26.0. The Labute approximate surface area is 156 Å². The first-order chi connectivity index (χ1) is 12.0. The number of esters is 1. The zero-order valence-corrected chi connectivity index (χ0v) is 15.9. The van der Waals surface area contributed by atoms with E-state index in [9.17, 15) is 9.59 Å². The lowest BCUT2D eigenvalue weighted by Crippen LogP contribution is -2.34. The molecule has 6 nitrogen and oxygen atoms in total. The number of carbonyl (C=O) groups is 2. The summed E-state index contributed by atoms with van der Waals surface area (Å²) in [5, 5.41) is 0. The highest BCUT2D eigenvalue weighted by Crippen LogP contribution is 2.35. The van der Waals surface area contributed by atoms with Crippen LogP contribution in [0.3, 0.4) is 0 Å². The molecule has 0 spiro atoms. The molecule has 0 N–H and O–H groups in total. The maximum Gasteiger partial charge on any atom is 0.326 e. The topological polar surface area (TPSA) is 65.1 Å². The first-order valence-electron chi connectivity index (χ1n) is 7.63. The fraction of sp³-hybridized carbons (Fsp3) is 0.353. The second-order valence-electron chi connectivity index (χ2n) is 5.10. The number of nitrogens with zero attached hydrogens (tertiary/aromatic N) is 1. The van der Waals surface area contributed by atoms with E-state index < -0.39 is 5.97 Å². The summed E-state index contributed by atoms with van der Waals surface area (Å²) >= 11 is 6.36. The van der Waals surface area contributed by atoms with Crippen LogP contribution in [0.25, 0.3) is 6.08 Å². The average Bonchev–Trinajstić information content (AvgIpc) is 2.87. The Morgan fingerprint density at radius 1 is 1.32 bits per heavy atom. The quantitative estimate of drug-likeness (QED) is 0.409. The van der Waals surface area contributed by atoms with Crippen molar-refractivity contribution in [3.8, 4) is 11.5 Å². The molecule has 8 heteroatoms. The molecule has 1 aliphatic heterocycles. The molecule has 0 saturated carbocycles. The number of benzene rings is 1. The van der Waals surface area contributed by atoms with Crippen LogP contribution in [0.1, 0.15) is 18.9 Å². The normalized spacial score (nSPS) is 15.6. The molecule has 1 aromatic carbocycles. The molecule has 2 rings (SSSR count). The fourth-order valence-electron chi connectivity index (χ4n) is 2.11. The van der Waals surface area contributed by atoms with E-state index in [1.165, 1.54) is 4.90 Å². The predicted molar refractivity (Wildman–Crippen MR) is 101 cm³/mol. The third-order valence-electron chi connectivity index (χ3n) is 3.36. The SMILES string of the molecule is CCCOC(=O)CN1C(=O)C(=Cc2ccc(OC)cc2OC)SC1=S. The van der Waals surface area contributed by atoms with Crippen molar-refractivity contribution in [3.05, 3.63) is 28.7 Å². The minimum Gasteiger partial charge on any atom is -0.497 e. The molecule has 134 valence electrons. The molecule has 0 atom stereocenters. The van der Waals surface area contributed by atoms with Gasteiger partial charge in [0.2, 0.25) is 0 Å². The Bertz CT molecular complexity index is 717. The molecule has 1 saturated heterocycles. The summed E-state index contributed by atoms with van der Waals surface area (Å²) in [5.74, 6) is 0.440. The number of thiocarbonyl (C=S) groups is 1. The maximum absolute atomic E-state index is 12.5. The monoisotopic (exact) mass is 381 g/mol. The Kier molecular flexibility index (Phi) is 6.83. The number of carbonyl (C=O) groups excluding carboxylic acids is 2. The number of hydrogen-bond acceptors (Lipinski definition) is 7. The Hall–Kier alpha value is -2.06. The van der Waals surface area contributed by atoms with E-state index >= 15 is 0 Å². The third-order valence-corrected chi connectivity index (χ3v) is 4.73. The van der Waals surface area contributed by atoms with Crippen molar-refractivity contribution >= 4 is 46.3 Å². The molecule has 0 bridgehead atoms. The summed E-state index contributed by atoms with van der Waals surface area (Å²) in [6, 6.07) is 5.30. The summed E-state index contributed by atoms with van der Waals surface area (Å²) < 4.78 is 15.8. The van der Waals surface area contributed by atoms with E-state index in [1.807, 2.05) is 6.92 Å². The zero-order valence-electron chi connectivity index (χ0n) is 14.2. The Balaban J connectivity index is 2.18. The molecule has 1 heterocycles. The van der Waals surface area contributed by atoms with Gasteiger partial charge in [-0.2, -0.15) is 0 Å². The minimum atomic E-state index is -0.471. The van der Waals surface area contributed by atoms with Crippen LogP contribution in [-0.4, -0.2) is 48.5 Å². The van der Waals surface area contributed by atoms with Crippen molar-refractivity contribution in [1.82, 2.24) is 4.90 Å². The van der Waals surface area contributed by atoms with Crippen LogP contribution in [0.5, 0.6) is 11.5 Å². The van der Waals surface area contributed by atoms with Crippen LogP contribution in [-0.2, 0) is 14.3 Å². The molecule has 1 fully saturated rings. The first-order valence-corrected chi connectivity index (χ1v) is 8.85. The standard InChI is InChI=1S/C17H19NO5S2/c1-4-7-23-15(19)10-18-16(20)14(25-17(18)24)8-11-5-6-12(21-2)9-13(11)22-3/h5-6,8-9H,4,7,10H2,1-3H3.